The molecule has 0 atom stereocenters. The molecular formula is C20H20N2O2S. The number of hydrogen-bond acceptors (Lipinski definition) is 4. The number of nitrogens with one attached hydrogen (secondary N) is 1. The van der Waals surface area contributed by atoms with Crippen LogP contribution in [0.4, 0.5) is 0 Å². The molecule has 128 valence electrons. The number of amides is 1. The molecule has 1 N–H and O–H groups in total. The third-order valence-corrected chi connectivity index (χ3v) is 4.58. The van der Waals surface area contributed by atoms with Crippen molar-refractivity contribution < 1.29 is 9.53 Å². The van der Waals surface area contributed by atoms with Crippen LogP contribution in [-0.2, 0) is 11.3 Å². The monoisotopic (exact) mass is 352 g/mol. The Labute approximate surface area is 151 Å². The third-order valence-electron chi connectivity index (χ3n) is 3.81. The Hall–Kier alpha value is -2.66. The van der Waals surface area contributed by atoms with Gasteiger partial charge in [0.15, 0.2) is 6.61 Å². The zero-order chi connectivity index (χ0) is 17.6. The minimum absolute atomic E-state index is 0.0149. The zero-order valence-electron chi connectivity index (χ0n) is 14.3. The van der Waals surface area contributed by atoms with Crippen molar-refractivity contribution in [2.45, 2.75) is 20.4 Å². The molecule has 1 aromatic heterocycles. The van der Waals surface area contributed by atoms with Gasteiger partial charge in [0, 0.05) is 17.5 Å². The summed E-state index contributed by atoms with van der Waals surface area (Å²) < 4.78 is 5.55. The Balaban J connectivity index is 1.49. The van der Waals surface area contributed by atoms with Crippen molar-refractivity contribution in [3.63, 3.8) is 0 Å². The Morgan fingerprint density at radius 3 is 2.56 bits per heavy atom. The number of aromatic nitrogens is 1. The highest BCUT2D eigenvalue weighted by atomic mass is 32.1. The molecule has 0 spiro atoms. The van der Waals surface area contributed by atoms with Gasteiger partial charge in [-0.1, -0.05) is 42.5 Å². The van der Waals surface area contributed by atoms with Crippen LogP contribution >= 0.6 is 11.3 Å². The van der Waals surface area contributed by atoms with Crippen LogP contribution < -0.4 is 10.1 Å². The lowest BCUT2D eigenvalue weighted by Gasteiger charge is -2.09. The molecule has 25 heavy (non-hydrogen) atoms. The van der Waals surface area contributed by atoms with E-state index in [9.17, 15) is 4.79 Å². The fraction of sp³-hybridized carbons (Fsp3) is 0.200. The van der Waals surface area contributed by atoms with Gasteiger partial charge in [-0.15, -0.1) is 11.3 Å². The van der Waals surface area contributed by atoms with E-state index in [0.29, 0.717) is 6.54 Å². The predicted octanol–water partition coefficient (Wildman–Crippen LogP) is 4.12. The molecule has 3 rings (SSSR count). The van der Waals surface area contributed by atoms with Crippen LogP contribution in [0.25, 0.3) is 11.3 Å². The van der Waals surface area contributed by atoms with Crippen molar-refractivity contribution in [2.24, 2.45) is 0 Å². The van der Waals surface area contributed by atoms with Gasteiger partial charge in [-0.25, -0.2) is 4.98 Å². The van der Waals surface area contributed by atoms with Crippen LogP contribution in [0.3, 0.4) is 0 Å². The van der Waals surface area contributed by atoms with E-state index < -0.39 is 0 Å². The maximum Gasteiger partial charge on any atom is 0.258 e. The van der Waals surface area contributed by atoms with Gasteiger partial charge in [0.2, 0.25) is 0 Å². The highest BCUT2D eigenvalue weighted by molar-refractivity contribution is 7.09. The summed E-state index contributed by atoms with van der Waals surface area (Å²) in [5.74, 6) is 0.600. The minimum atomic E-state index is -0.137. The lowest BCUT2D eigenvalue weighted by atomic mass is 10.1. The summed E-state index contributed by atoms with van der Waals surface area (Å²) >= 11 is 1.64. The number of aryl methyl sites for hydroxylation is 2. The summed E-state index contributed by atoms with van der Waals surface area (Å²) in [5, 5.41) is 5.98. The van der Waals surface area contributed by atoms with Gasteiger partial charge in [0.05, 0.1) is 10.7 Å². The van der Waals surface area contributed by atoms with Crippen LogP contribution in [-0.4, -0.2) is 17.5 Å². The first-order valence-electron chi connectivity index (χ1n) is 8.08. The molecule has 2 aromatic carbocycles. The summed E-state index contributed by atoms with van der Waals surface area (Å²) in [6.07, 6.45) is 0. The molecule has 0 radical (unpaired) electrons. The van der Waals surface area contributed by atoms with Crippen molar-refractivity contribution in [3.8, 4) is 17.0 Å². The Bertz CT molecular complexity index is 856. The number of nitrogens with zero attached hydrogens (tertiary/aromatic N) is 1. The van der Waals surface area contributed by atoms with Crippen molar-refractivity contribution in [1.82, 2.24) is 10.3 Å². The molecule has 0 aliphatic rings. The maximum atomic E-state index is 11.9. The van der Waals surface area contributed by atoms with Crippen LogP contribution in [0.1, 0.15) is 16.1 Å². The van der Waals surface area contributed by atoms with Gasteiger partial charge in [0.25, 0.3) is 5.91 Å². The lowest BCUT2D eigenvalue weighted by Crippen LogP contribution is -2.28. The molecule has 5 heteroatoms. The van der Waals surface area contributed by atoms with Crippen LogP contribution in [0.5, 0.6) is 5.75 Å². The highest BCUT2D eigenvalue weighted by Crippen LogP contribution is 2.21. The number of rotatable bonds is 6. The van der Waals surface area contributed by atoms with E-state index in [1.165, 1.54) is 0 Å². The van der Waals surface area contributed by atoms with Crippen LogP contribution in [0, 0.1) is 13.8 Å². The molecule has 0 saturated carbocycles. The molecule has 0 aliphatic heterocycles. The average molecular weight is 352 g/mol. The molecule has 0 bridgehead atoms. The number of carbonyl (C=O) groups excluding carboxylic acids is 1. The number of carbonyl (C=O) groups is 1. The molecule has 0 fully saturated rings. The SMILES string of the molecule is Cc1nc(-c2ccc(CNC(=O)COc3ccccc3C)cc2)cs1. The Morgan fingerprint density at radius 1 is 1.12 bits per heavy atom. The van der Waals surface area contributed by atoms with E-state index in [2.05, 4.69) is 15.7 Å². The molecular weight excluding hydrogens is 332 g/mol. The highest BCUT2D eigenvalue weighted by Gasteiger charge is 2.06. The average Bonchev–Trinajstić information content (AvgIpc) is 3.06. The van der Waals surface area contributed by atoms with Crippen molar-refractivity contribution >= 4 is 17.2 Å². The maximum absolute atomic E-state index is 11.9. The van der Waals surface area contributed by atoms with E-state index >= 15 is 0 Å². The summed E-state index contributed by atoms with van der Waals surface area (Å²) in [6.45, 7) is 4.45. The second-order valence-corrected chi connectivity index (χ2v) is 6.84. The molecule has 1 amide bonds. The number of para-hydroxylation sites is 1. The van der Waals surface area contributed by atoms with E-state index in [1.807, 2.05) is 62.4 Å². The number of benzene rings is 2. The van der Waals surface area contributed by atoms with Crippen LogP contribution in [0.2, 0.25) is 0 Å². The number of hydrogen-bond donors (Lipinski definition) is 1. The third kappa shape index (κ3) is 4.67. The van der Waals surface area contributed by atoms with Crippen LogP contribution in [0.15, 0.2) is 53.9 Å². The van der Waals surface area contributed by atoms with E-state index in [0.717, 1.165) is 33.1 Å². The van der Waals surface area contributed by atoms with Gasteiger partial charge in [-0.05, 0) is 31.0 Å². The van der Waals surface area contributed by atoms with Gasteiger partial charge in [0.1, 0.15) is 5.75 Å². The standard InChI is InChI=1S/C20H20N2O2S/c1-14-5-3-4-6-19(14)24-12-20(23)21-11-16-7-9-17(10-8-16)18-13-25-15(2)22-18/h3-10,13H,11-12H2,1-2H3,(H,21,23). The second kappa shape index (κ2) is 7.94. The Kier molecular flexibility index (Phi) is 5.46. The fourth-order valence-electron chi connectivity index (χ4n) is 2.40. The van der Waals surface area contributed by atoms with Crippen molar-refractivity contribution in [2.75, 3.05) is 6.61 Å². The van der Waals surface area contributed by atoms with Crippen molar-refractivity contribution in [3.05, 3.63) is 70.0 Å². The second-order valence-electron chi connectivity index (χ2n) is 5.78. The predicted molar refractivity (Wildman–Crippen MR) is 101 cm³/mol. The quantitative estimate of drug-likeness (QED) is 0.726. The number of thiazole rings is 1. The molecule has 0 aliphatic carbocycles. The minimum Gasteiger partial charge on any atom is -0.484 e. The molecule has 1 heterocycles. The van der Waals surface area contributed by atoms with E-state index in [1.54, 1.807) is 11.3 Å². The van der Waals surface area contributed by atoms with Gasteiger partial charge < -0.3 is 10.1 Å². The molecule has 4 nitrogen and oxygen atoms in total. The summed E-state index contributed by atoms with van der Waals surface area (Å²) in [5.41, 5.74) is 4.13. The molecule has 0 saturated heterocycles. The molecule has 0 unspecified atom stereocenters. The van der Waals surface area contributed by atoms with E-state index in [-0.39, 0.29) is 12.5 Å². The normalized spacial score (nSPS) is 10.5. The van der Waals surface area contributed by atoms with Crippen molar-refractivity contribution in [1.29, 1.82) is 0 Å². The smallest absolute Gasteiger partial charge is 0.258 e. The molecule has 3 aromatic rings. The first-order chi connectivity index (χ1) is 12.1. The summed E-state index contributed by atoms with van der Waals surface area (Å²) in [4.78, 5) is 16.4. The van der Waals surface area contributed by atoms with E-state index in [4.69, 9.17) is 4.74 Å². The first kappa shape index (κ1) is 17.2. The summed E-state index contributed by atoms with van der Waals surface area (Å²) in [6, 6.07) is 15.7. The zero-order valence-corrected chi connectivity index (χ0v) is 15.1. The fourth-order valence-corrected chi connectivity index (χ4v) is 3.02. The van der Waals surface area contributed by atoms with Gasteiger partial charge in [-0.3, -0.25) is 4.79 Å². The van der Waals surface area contributed by atoms with Gasteiger partial charge in [-0.2, -0.15) is 0 Å². The number of ether oxygens (including phenoxy) is 1. The summed E-state index contributed by atoms with van der Waals surface area (Å²) in [7, 11) is 0. The Morgan fingerprint density at radius 2 is 1.88 bits per heavy atom. The lowest BCUT2D eigenvalue weighted by molar-refractivity contribution is -0.123. The first-order valence-corrected chi connectivity index (χ1v) is 8.96. The van der Waals surface area contributed by atoms with Gasteiger partial charge >= 0.3 is 0 Å². The largest absolute Gasteiger partial charge is 0.484 e. The topological polar surface area (TPSA) is 51.2 Å².